The van der Waals surface area contributed by atoms with Crippen LogP contribution in [0.25, 0.3) is 0 Å². The van der Waals surface area contributed by atoms with E-state index in [1.165, 1.54) is 44.1 Å². The quantitative estimate of drug-likeness (QED) is 0.494. The predicted octanol–water partition coefficient (Wildman–Crippen LogP) is 3.60. The number of aliphatic imine (C=N–C) groups is 1. The molecule has 0 aromatic heterocycles. The lowest BCUT2D eigenvalue weighted by atomic mass is 9.87. The fraction of sp³-hybridized carbons (Fsp3) is 0.667. The first-order valence-electron chi connectivity index (χ1n) is 11.6. The average molecular weight is 399 g/mol. The molecule has 5 nitrogen and oxygen atoms in total. The summed E-state index contributed by atoms with van der Waals surface area (Å²) >= 11 is 0. The van der Waals surface area contributed by atoms with E-state index in [4.69, 9.17) is 4.99 Å². The minimum atomic E-state index is 0.274. The van der Waals surface area contributed by atoms with E-state index in [-0.39, 0.29) is 5.91 Å². The first-order valence-corrected chi connectivity index (χ1v) is 11.6. The Morgan fingerprint density at radius 2 is 1.90 bits per heavy atom. The van der Waals surface area contributed by atoms with Crippen LogP contribution in [0.2, 0.25) is 0 Å². The van der Waals surface area contributed by atoms with Gasteiger partial charge in [0, 0.05) is 45.1 Å². The zero-order chi connectivity index (χ0) is 20.3. The van der Waals surface area contributed by atoms with Crippen molar-refractivity contribution in [2.45, 2.75) is 58.3 Å². The predicted molar refractivity (Wildman–Crippen MR) is 120 cm³/mol. The number of carbonyl (C=O) groups is 1. The summed E-state index contributed by atoms with van der Waals surface area (Å²) in [5.74, 6) is 2.38. The molecular formula is C24H38N4O. The summed E-state index contributed by atoms with van der Waals surface area (Å²) in [4.78, 5) is 19.2. The number of rotatable bonds is 9. The van der Waals surface area contributed by atoms with Crippen LogP contribution in [0.4, 0.5) is 0 Å². The zero-order valence-electron chi connectivity index (χ0n) is 18.0. The highest BCUT2D eigenvalue weighted by atomic mass is 16.2. The van der Waals surface area contributed by atoms with Crippen molar-refractivity contribution in [3.05, 3.63) is 35.9 Å². The van der Waals surface area contributed by atoms with Crippen molar-refractivity contribution in [1.82, 2.24) is 15.5 Å². The number of carbonyl (C=O) groups excluding carboxylic acids is 1. The van der Waals surface area contributed by atoms with E-state index in [0.717, 1.165) is 44.5 Å². The standard InChI is InChI=1S/C24H38N4O/c1-2-25-24(26-15-13-20-9-5-3-6-10-20)27-18-22-17-23(29)28(19-22)16-14-21-11-7-4-8-12-21/h4,7-8,11-12,20,22H,2-3,5-6,9-10,13-19H2,1H3,(H2,25,26,27). The van der Waals surface area contributed by atoms with Gasteiger partial charge in [0.15, 0.2) is 5.96 Å². The van der Waals surface area contributed by atoms with E-state index < -0.39 is 0 Å². The first-order chi connectivity index (χ1) is 14.2. The van der Waals surface area contributed by atoms with Crippen molar-refractivity contribution < 1.29 is 4.79 Å². The maximum absolute atomic E-state index is 12.4. The molecular weight excluding hydrogens is 360 g/mol. The van der Waals surface area contributed by atoms with Crippen molar-refractivity contribution in [2.24, 2.45) is 16.8 Å². The molecule has 29 heavy (non-hydrogen) atoms. The van der Waals surface area contributed by atoms with Crippen LogP contribution in [0.5, 0.6) is 0 Å². The molecule has 1 unspecified atom stereocenters. The Labute approximate surface area is 176 Å². The van der Waals surface area contributed by atoms with E-state index in [0.29, 0.717) is 18.9 Å². The number of guanidine groups is 1. The van der Waals surface area contributed by atoms with Gasteiger partial charge in [-0.3, -0.25) is 9.79 Å². The fourth-order valence-electron chi connectivity index (χ4n) is 4.53. The Morgan fingerprint density at radius 1 is 1.10 bits per heavy atom. The van der Waals surface area contributed by atoms with Gasteiger partial charge in [-0.2, -0.15) is 0 Å². The summed E-state index contributed by atoms with van der Waals surface area (Å²) in [7, 11) is 0. The Balaban J connectivity index is 1.40. The molecule has 0 bridgehead atoms. The van der Waals surface area contributed by atoms with E-state index in [1.54, 1.807) is 0 Å². The van der Waals surface area contributed by atoms with Crippen LogP contribution in [0.1, 0.15) is 57.4 Å². The molecule has 3 rings (SSSR count). The highest BCUT2D eigenvalue weighted by Crippen LogP contribution is 2.25. The summed E-state index contributed by atoms with van der Waals surface area (Å²) in [6.07, 6.45) is 9.77. The van der Waals surface area contributed by atoms with Crippen LogP contribution < -0.4 is 10.6 Å². The van der Waals surface area contributed by atoms with Crippen LogP contribution in [-0.2, 0) is 11.2 Å². The van der Waals surface area contributed by atoms with Gasteiger partial charge >= 0.3 is 0 Å². The molecule has 1 aliphatic carbocycles. The van der Waals surface area contributed by atoms with Gasteiger partial charge in [-0.15, -0.1) is 0 Å². The monoisotopic (exact) mass is 398 g/mol. The van der Waals surface area contributed by atoms with Gasteiger partial charge in [-0.1, -0.05) is 62.4 Å². The van der Waals surface area contributed by atoms with Gasteiger partial charge < -0.3 is 15.5 Å². The van der Waals surface area contributed by atoms with Crippen molar-refractivity contribution in [1.29, 1.82) is 0 Å². The van der Waals surface area contributed by atoms with Gasteiger partial charge in [0.2, 0.25) is 5.91 Å². The van der Waals surface area contributed by atoms with Crippen molar-refractivity contribution in [3.8, 4) is 0 Å². The molecule has 2 fully saturated rings. The van der Waals surface area contributed by atoms with Gasteiger partial charge in [-0.05, 0) is 31.2 Å². The highest BCUT2D eigenvalue weighted by Gasteiger charge is 2.29. The molecule has 1 heterocycles. The molecule has 1 atom stereocenters. The number of nitrogens with one attached hydrogen (secondary N) is 2. The van der Waals surface area contributed by atoms with E-state index in [1.807, 2.05) is 11.0 Å². The summed E-state index contributed by atoms with van der Waals surface area (Å²) in [5, 5.41) is 6.86. The van der Waals surface area contributed by atoms with Crippen molar-refractivity contribution in [3.63, 3.8) is 0 Å². The largest absolute Gasteiger partial charge is 0.357 e. The molecule has 2 aliphatic rings. The normalized spacial score (nSPS) is 20.9. The lowest BCUT2D eigenvalue weighted by Gasteiger charge is -2.22. The van der Waals surface area contributed by atoms with Gasteiger partial charge in [0.25, 0.3) is 0 Å². The van der Waals surface area contributed by atoms with Crippen LogP contribution in [-0.4, -0.2) is 49.5 Å². The SMILES string of the molecule is CCNC(=NCC1CC(=O)N(CCc2ccccc2)C1)NCCC1CCCCC1. The number of hydrogen-bond acceptors (Lipinski definition) is 2. The summed E-state index contributed by atoms with van der Waals surface area (Å²) in [6, 6.07) is 10.4. The Bertz CT molecular complexity index is 640. The van der Waals surface area contributed by atoms with Crippen molar-refractivity contribution >= 4 is 11.9 Å². The first kappa shape index (κ1) is 21.7. The van der Waals surface area contributed by atoms with Crippen LogP contribution in [0.15, 0.2) is 35.3 Å². The number of amides is 1. The molecule has 1 aromatic rings. The number of hydrogen-bond donors (Lipinski definition) is 2. The smallest absolute Gasteiger partial charge is 0.223 e. The number of likely N-dealkylation sites (tertiary alicyclic amines) is 1. The lowest BCUT2D eigenvalue weighted by molar-refractivity contribution is -0.127. The number of benzene rings is 1. The maximum Gasteiger partial charge on any atom is 0.223 e. The summed E-state index contributed by atoms with van der Waals surface area (Å²) in [5.41, 5.74) is 1.29. The Hall–Kier alpha value is -2.04. The second-order valence-electron chi connectivity index (χ2n) is 8.58. The molecule has 2 N–H and O–H groups in total. The third-order valence-corrected chi connectivity index (χ3v) is 6.23. The minimum Gasteiger partial charge on any atom is -0.357 e. The molecule has 0 spiro atoms. The number of nitrogens with zero attached hydrogens (tertiary/aromatic N) is 2. The zero-order valence-corrected chi connectivity index (χ0v) is 18.0. The van der Waals surface area contributed by atoms with Gasteiger partial charge in [0.1, 0.15) is 0 Å². The van der Waals surface area contributed by atoms with Gasteiger partial charge in [0.05, 0.1) is 0 Å². The van der Waals surface area contributed by atoms with Crippen LogP contribution in [0.3, 0.4) is 0 Å². The molecule has 1 aliphatic heterocycles. The Morgan fingerprint density at radius 3 is 2.66 bits per heavy atom. The van der Waals surface area contributed by atoms with Crippen molar-refractivity contribution in [2.75, 3.05) is 32.7 Å². The molecule has 160 valence electrons. The third-order valence-electron chi connectivity index (χ3n) is 6.23. The second kappa shape index (κ2) is 11.8. The molecule has 1 aromatic carbocycles. The molecule has 1 amide bonds. The maximum atomic E-state index is 12.4. The average Bonchev–Trinajstić information content (AvgIpc) is 3.11. The van der Waals surface area contributed by atoms with E-state index in [2.05, 4.69) is 41.8 Å². The lowest BCUT2D eigenvalue weighted by Crippen LogP contribution is -2.38. The topological polar surface area (TPSA) is 56.7 Å². The third kappa shape index (κ3) is 7.37. The molecule has 1 saturated heterocycles. The van der Waals surface area contributed by atoms with E-state index >= 15 is 0 Å². The summed E-state index contributed by atoms with van der Waals surface area (Å²) in [6.45, 7) is 6.31. The minimum absolute atomic E-state index is 0.274. The molecule has 5 heteroatoms. The van der Waals surface area contributed by atoms with Gasteiger partial charge in [-0.25, -0.2) is 0 Å². The highest BCUT2D eigenvalue weighted by molar-refractivity contribution is 5.80. The van der Waals surface area contributed by atoms with E-state index in [9.17, 15) is 4.79 Å². The Kier molecular flexibility index (Phi) is 8.84. The fourth-order valence-corrected chi connectivity index (χ4v) is 4.53. The van der Waals surface area contributed by atoms with Crippen LogP contribution in [0, 0.1) is 11.8 Å². The summed E-state index contributed by atoms with van der Waals surface area (Å²) < 4.78 is 0. The second-order valence-corrected chi connectivity index (χ2v) is 8.58. The molecule has 0 radical (unpaired) electrons. The molecule has 1 saturated carbocycles. The van der Waals surface area contributed by atoms with Crippen LogP contribution >= 0.6 is 0 Å².